The van der Waals surface area contributed by atoms with Crippen molar-refractivity contribution < 1.29 is 19.4 Å². The number of hydrogen-bond acceptors (Lipinski definition) is 4. The third kappa shape index (κ3) is 3.85. The van der Waals surface area contributed by atoms with Crippen LogP contribution in [0.15, 0.2) is 90.5 Å². The molecular formula is C30H25NO4. The monoisotopic (exact) mass is 463 g/mol. The molecule has 35 heavy (non-hydrogen) atoms. The zero-order valence-electron chi connectivity index (χ0n) is 19.8. The molecule has 0 saturated carbocycles. The number of rotatable bonds is 4. The van der Waals surface area contributed by atoms with E-state index < -0.39 is 17.7 Å². The summed E-state index contributed by atoms with van der Waals surface area (Å²) in [6.07, 6.45) is 0. The molecule has 1 atom stereocenters. The number of hydrogen-bond donors (Lipinski definition) is 1. The molecule has 1 saturated heterocycles. The summed E-state index contributed by atoms with van der Waals surface area (Å²) in [5, 5.41) is 13.4. The van der Waals surface area contributed by atoms with Gasteiger partial charge in [0.25, 0.3) is 11.7 Å². The van der Waals surface area contributed by atoms with E-state index in [1.807, 2.05) is 80.6 Å². The summed E-state index contributed by atoms with van der Waals surface area (Å²) in [5.74, 6) is -0.912. The molecule has 0 spiro atoms. The lowest BCUT2D eigenvalue weighted by atomic mass is 9.94. The lowest BCUT2D eigenvalue weighted by Gasteiger charge is -2.27. The number of carbonyl (C=O) groups is 2. The van der Waals surface area contributed by atoms with Crippen LogP contribution in [0.3, 0.4) is 0 Å². The molecular weight excluding hydrogens is 438 g/mol. The molecule has 1 amide bonds. The molecule has 5 nitrogen and oxygen atoms in total. The fourth-order valence-corrected chi connectivity index (χ4v) is 4.75. The smallest absolute Gasteiger partial charge is 0.300 e. The van der Waals surface area contributed by atoms with Crippen LogP contribution in [0.25, 0.3) is 16.5 Å². The number of nitrogens with zero attached hydrogens (tertiary/aromatic N) is 1. The molecule has 1 unspecified atom stereocenters. The Morgan fingerprint density at radius 2 is 1.57 bits per heavy atom. The first-order chi connectivity index (χ1) is 16.9. The molecule has 1 aliphatic heterocycles. The largest absolute Gasteiger partial charge is 0.507 e. The van der Waals surface area contributed by atoms with E-state index in [2.05, 4.69) is 0 Å². The quantitative estimate of drug-likeness (QED) is 0.226. The topological polar surface area (TPSA) is 66.8 Å². The standard InChI is InChI=1S/C30H25NO4/c1-18-8-15-25(19(2)16-18)31-27(21-11-13-24(35-3)14-12-21)26(29(33)30(31)34)28(32)23-10-9-20-6-4-5-7-22(20)17-23/h4-17,27,32H,1-3H3/b28-26-. The van der Waals surface area contributed by atoms with E-state index in [0.717, 1.165) is 21.9 Å². The number of Topliss-reactive ketones (excluding diaryl/α,β-unsaturated/α-hetero) is 1. The van der Waals surface area contributed by atoms with Crippen molar-refractivity contribution in [1.82, 2.24) is 0 Å². The molecule has 5 rings (SSSR count). The molecule has 174 valence electrons. The maximum absolute atomic E-state index is 13.4. The highest BCUT2D eigenvalue weighted by Gasteiger charge is 2.47. The van der Waals surface area contributed by atoms with Crippen LogP contribution in [0.2, 0.25) is 0 Å². The van der Waals surface area contributed by atoms with Crippen LogP contribution in [0.4, 0.5) is 5.69 Å². The second-order valence-electron chi connectivity index (χ2n) is 8.79. The fraction of sp³-hybridized carbons (Fsp3) is 0.133. The summed E-state index contributed by atoms with van der Waals surface area (Å²) in [4.78, 5) is 28.3. The molecule has 1 N–H and O–H groups in total. The summed E-state index contributed by atoms with van der Waals surface area (Å²) >= 11 is 0. The highest BCUT2D eigenvalue weighted by atomic mass is 16.5. The zero-order valence-corrected chi connectivity index (χ0v) is 19.8. The number of ether oxygens (including phenoxy) is 1. The van der Waals surface area contributed by atoms with E-state index in [0.29, 0.717) is 22.6 Å². The maximum Gasteiger partial charge on any atom is 0.300 e. The third-order valence-electron chi connectivity index (χ3n) is 6.51. The average molecular weight is 464 g/mol. The van der Waals surface area contributed by atoms with E-state index >= 15 is 0 Å². The maximum atomic E-state index is 13.4. The molecule has 1 fully saturated rings. The van der Waals surface area contributed by atoms with Gasteiger partial charge in [-0.1, -0.05) is 66.2 Å². The summed E-state index contributed by atoms with van der Waals surface area (Å²) in [6, 6.07) is 25.5. The molecule has 0 aromatic heterocycles. The Morgan fingerprint density at radius 1 is 0.857 bits per heavy atom. The number of aliphatic hydroxyl groups excluding tert-OH is 1. The lowest BCUT2D eigenvalue weighted by molar-refractivity contribution is -0.132. The van der Waals surface area contributed by atoms with Crippen molar-refractivity contribution in [1.29, 1.82) is 0 Å². The van der Waals surface area contributed by atoms with Crippen molar-refractivity contribution in [3.63, 3.8) is 0 Å². The van der Waals surface area contributed by atoms with E-state index in [1.54, 1.807) is 25.3 Å². The van der Waals surface area contributed by atoms with E-state index in [4.69, 9.17) is 4.74 Å². The van der Waals surface area contributed by atoms with Crippen LogP contribution in [0, 0.1) is 13.8 Å². The average Bonchev–Trinajstić information content (AvgIpc) is 3.13. The summed E-state index contributed by atoms with van der Waals surface area (Å²) in [7, 11) is 1.58. The van der Waals surface area contributed by atoms with Crippen molar-refractivity contribution >= 4 is 33.9 Å². The van der Waals surface area contributed by atoms with Crippen LogP contribution >= 0.6 is 0 Å². The highest BCUT2D eigenvalue weighted by molar-refractivity contribution is 6.51. The second kappa shape index (κ2) is 8.76. The number of methoxy groups -OCH3 is 1. The number of aryl methyl sites for hydroxylation is 2. The van der Waals surface area contributed by atoms with Gasteiger partial charge >= 0.3 is 0 Å². The predicted molar refractivity (Wildman–Crippen MR) is 138 cm³/mol. The highest BCUT2D eigenvalue weighted by Crippen LogP contribution is 2.43. The SMILES string of the molecule is COc1ccc(C2/C(=C(/O)c3ccc4ccccc4c3)C(=O)C(=O)N2c2ccc(C)cc2C)cc1. The van der Waals surface area contributed by atoms with Crippen LogP contribution < -0.4 is 9.64 Å². The third-order valence-corrected chi connectivity index (χ3v) is 6.51. The van der Waals surface area contributed by atoms with Gasteiger partial charge in [0, 0.05) is 11.3 Å². The number of benzene rings is 4. The summed E-state index contributed by atoms with van der Waals surface area (Å²) in [6.45, 7) is 3.89. The van der Waals surface area contributed by atoms with Gasteiger partial charge in [-0.15, -0.1) is 0 Å². The Balaban J connectivity index is 1.73. The number of anilines is 1. The van der Waals surface area contributed by atoms with E-state index in [9.17, 15) is 14.7 Å². The minimum atomic E-state index is -0.784. The van der Waals surface area contributed by atoms with Gasteiger partial charge in [-0.25, -0.2) is 0 Å². The molecule has 1 aliphatic rings. The fourth-order valence-electron chi connectivity index (χ4n) is 4.75. The van der Waals surface area contributed by atoms with Crippen LogP contribution in [-0.2, 0) is 9.59 Å². The minimum absolute atomic E-state index is 0.0652. The molecule has 5 heteroatoms. The molecule has 4 aromatic rings. The first-order valence-electron chi connectivity index (χ1n) is 11.4. The van der Waals surface area contributed by atoms with Crippen molar-refractivity contribution in [2.75, 3.05) is 12.0 Å². The van der Waals surface area contributed by atoms with Gasteiger partial charge in [0.1, 0.15) is 11.5 Å². The second-order valence-corrected chi connectivity index (χ2v) is 8.79. The van der Waals surface area contributed by atoms with Crippen LogP contribution in [-0.4, -0.2) is 23.9 Å². The number of ketones is 1. The normalized spacial score (nSPS) is 17.2. The Labute approximate surface area is 203 Å². The Hall–Kier alpha value is -4.38. The Bertz CT molecular complexity index is 1500. The Kier molecular flexibility index (Phi) is 5.61. The first kappa shape index (κ1) is 22.4. The molecule has 0 radical (unpaired) electrons. The molecule has 0 aliphatic carbocycles. The van der Waals surface area contributed by atoms with Gasteiger partial charge < -0.3 is 9.84 Å². The number of carbonyl (C=O) groups excluding carboxylic acids is 2. The number of amides is 1. The van der Waals surface area contributed by atoms with Crippen molar-refractivity contribution in [2.24, 2.45) is 0 Å². The van der Waals surface area contributed by atoms with Crippen molar-refractivity contribution in [3.8, 4) is 5.75 Å². The van der Waals surface area contributed by atoms with Gasteiger partial charge in [-0.05, 0) is 60.0 Å². The van der Waals surface area contributed by atoms with Crippen LogP contribution in [0.5, 0.6) is 5.75 Å². The van der Waals surface area contributed by atoms with Gasteiger partial charge in [-0.3, -0.25) is 14.5 Å². The lowest BCUT2D eigenvalue weighted by Crippen LogP contribution is -2.30. The van der Waals surface area contributed by atoms with Gasteiger partial charge in [0.15, 0.2) is 0 Å². The van der Waals surface area contributed by atoms with E-state index in [1.165, 1.54) is 4.90 Å². The molecule has 4 aromatic carbocycles. The van der Waals surface area contributed by atoms with Crippen molar-refractivity contribution in [3.05, 3.63) is 113 Å². The molecule has 1 heterocycles. The predicted octanol–water partition coefficient (Wildman–Crippen LogP) is 6.09. The van der Waals surface area contributed by atoms with Gasteiger partial charge in [0.2, 0.25) is 0 Å². The van der Waals surface area contributed by atoms with Gasteiger partial charge in [0.05, 0.1) is 18.7 Å². The van der Waals surface area contributed by atoms with Crippen molar-refractivity contribution in [2.45, 2.75) is 19.9 Å². The number of aliphatic hydroxyl groups is 1. The Morgan fingerprint density at radius 3 is 2.26 bits per heavy atom. The van der Waals surface area contributed by atoms with Gasteiger partial charge in [-0.2, -0.15) is 0 Å². The summed E-state index contributed by atoms with van der Waals surface area (Å²) in [5.41, 5.74) is 3.82. The minimum Gasteiger partial charge on any atom is -0.507 e. The summed E-state index contributed by atoms with van der Waals surface area (Å²) < 4.78 is 5.29. The number of fused-ring (bicyclic) bond motifs is 1. The zero-order chi connectivity index (χ0) is 24.7. The molecule has 0 bridgehead atoms. The van der Waals surface area contributed by atoms with Crippen LogP contribution in [0.1, 0.15) is 28.3 Å². The first-order valence-corrected chi connectivity index (χ1v) is 11.4. The van der Waals surface area contributed by atoms with E-state index in [-0.39, 0.29) is 11.3 Å².